The van der Waals surface area contributed by atoms with Gasteiger partial charge in [-0.25, -0.2) is 0 Å². The molecule has 6 atom stereocenters. The fraction of sp³-hybridized carbons (Fsp3) is 0.727. The van der Waals surface area contributed by atoms with E-state index >= 15 is 0 Å². The molecule has 0 aliphatic heterocycles. The summed E-state index contributed by atoms with van der Waals surface area (Å²) in [4.78, 5) is 24.1. The van der Waals surface area contributed by atoms with Gasteiger partial charge in [0.1, 0.15) is 5.78 Å². The lowest BCUT2D eigenvalue weighted by molar-refractivity contribution is -0.126. The molecule has 0 aromatic rings. The van der Waals surface area contributed by atoms with Gasteiger partial charge < -0.3 is 0 Å². The van der Waals surface area contributed by atoms with Gasteiger partial charge in [-0.3, -0.25) is 9.59 Å². The van der Waals surface area contributed by atoms with Crippen molar-refractivity contribution in [2.45, 2.75) is 65.2 Å². The van der Waals surface area contributed by atoms with Crippen LogP contribution in [0.4, 0.5) is 0 Å². The summed E-state index contributed by atoms with van der Waals surface area (Å²) in [5, 5.41) is 0. The van der Waals surface area contributed by atoms with E-state index in [9.17, 15) is 9.59 Å². The Morgan fingerprint density at radius 2 is 1.96 bits per heavy atom. The van der Waals surface area contributed by atoms with Crippen LogP contribution in [-0.2, 0) is 9.59 Å². The van der Waals surface area contributed by atoms with Crippen LogP contribution in [0.5, 0.6) is 0 Å². The summed E-state index contributed by atoms with van der Waals surface area (Å²) in [7, 11) is 0. The molecule has 0 radical (unpaired) electrons. The van der Waals surface area contributed by atoms with Crippen LogP contribution in [0.25, 0.3) is 0 Å². The van der Waals surface area contributed by atoms with E-state index in [0.29, 0.717) is 29.3 Å². The Balaban J connectivity index is 1.70. The van der Waals surface area contributed by atoms with Crippen molar-refractivity contribution in [2.75, 3.05) is 0 Å². The van der Waals surface area contributed by atoms with Gasteiger partial charge in [0.05, 0.1) is 0 Å². The van der Waals surface area contributed by atoms with E-state index in [0.717, 1.165) is 32.1 Å². The van der Waals surface area contributed by atoms with E-state index in [2.05, 4.69) is 19.6 Å². The first-order valence-electron chi connectivity index (χ1n) is 9.80. The molecule has 0 aromatic carbocycles. The maximum Gasteiger partial charge on any atom is 0.155 e. The molecule has 24 heavy (non-hydrogen) atoms. The number of fused-ring (bicyclic) bond motifs is 5. The lowest BCUT2D eigenvalue weighted by Crippen LogP contribution is -2.51. The van der Waals surface area contributed by atoms with Crippen LogP contribution >= 0.6 is 0 Å². The zero-order valence-electron chi connectivity index (χ0n) is 15.1. The zero-order valence-corrected chi connectivity index (χ0v) is 15.1. The minimum Gasteiger partial charge on any atom is -0.300 e. The van der Waals surface area contributed by atoms with Gasteiger partial charge in [0.2, 0.25) is 0 Å². The summed E-state index contributed by atoms with van der Waals surface area (Å²) < 4.78 is 0. The first-order chi connectivity index (χ1) is 11.4. The van der Waals surface area contributed by atoms with Crippen LogP contribution in [0.15, 0.2) is 24.3 Å². The van der Waals surface area contributed by atoms with Crippen molar-refractivity contribution in [3.8, 4) is 0 Å². The molecule has 2 heteroatoms. The first-order valence-corrected chi connectivity index (χ1v) is 9.80. The second-order valence-corrected chi connectivity index (χ2v) is 9.06. The Labute approximate surface area is 145 Å². The van der Waals surface area contributed by atoms with Crippen molar-refractivity contribution >= 4 is 11.6 Å². The van der Waals surface area contributed by atoms with E-state index in [4.69, 9.17) is 0 Å². The topological polar surface area (TPSA) is 34.1 Å². The molecule has 4 aliphatic carbocycles. The molecule has 0 amide bonds. The van der Waals surface area contributed by atoms with Gasteiger partial charge in [-0.1, -0.05) is 18.6 Å². The van der Waals surface area contributed by atoms with Crippen molar-refractivity contribution in [3.63, 3.8) is 0 Å². The number of rotatable bonds is 2. The summed E-state index contributed by atoms with van der Waals surface area (Å²) in [6, 6.07) is 0. The third-order valence-electron chi connectivity index (χ3n) is 8.42. The highest BCUT2D eigenvalue weighted by molar-refractivity contribution is 5.91. The van der Waals surface area contributed by atoms with Crippen molar-refractivity contribution in [3.05, 3.63) is 24.3 Å². The molecular formula is C22H30O2. The third kappa shape index (κ3) is 2.01. The van der Waals surface area contributed by atoms with Gasteiger partial charge >= 0.3 is 0 Å². The van der Waals surface area contributed by atoms with E-state index < -0.39 is 0 Å². The number of hydrogen-bond acceptors (Lipinski definition) is 2. The Bertz CT molecular complexity index is 628. The summed E-state index contributed by atoms with van der Waals surface area (Å²) in [6.07, 6.45) is 12.7. The van der Waals surface area contributed by atoms with E-state index in [1.54, 1.807) is 6.92 Å². The standard InChI is InChI=1S/C22H30O2/c1-4-22-12-10-19-17(20(22)8-7-18(22)14(2)23)6-5-15-13-16(24)9-11-21(15,19)3/h4,13,17-20H,1,5-12H2,2-3H3/t17?,18?,19?,20?,21-,22+/m0/s1. The van der Waals surface area contributed by atoms with Crippen LogP contribution in [0.2, 0.25) is 0 Å². The largest absolute Gasteiger partial charge is 0.300 e. The molecule has 0 saturated heterocycles. The van der Waals surface area contributed by atoms with Crippen molar-refractivity contribution in [1.29, 1.82) is 0 Å². The maximum atomic E-state index is 12.3. The Morgan fingerprint density at radius 1 is 1.17 bits per heavy atom. The monoisotopic (exact) mass is 326 g/mol. The summed E-state index contributed by atoms with van der Waals surface area (Å²) in [5.41, 5.74) is 1.69. The number of Topliss-reactive ketones (excluding diaryl/α,β-unsaturated/α-hetero) is 1. The molecule has 2 nitrogen and oxygen atoms in total. The molecule has 0 N–H and O–H groups in total. The molecular weight excluding hydrogens is 296 g/mol. The maximum absolute atomic E-state index is 12.3. The lowest BCUT2D eigenvalue weighted by Gasteiger charge is -2.58. The quantitative estimate of drug-likeness (QED) is 0.677. The van der Waals surface area contributed by atoms with Crippen LogP contribution in [0.3, 0.4) is 0 Å². The van der Waals surface area contributed by atoms with Crippen LogP contribution in [-0.4, -0.2) is 11.6 Å². The van der Waals surface area contributed by atoms with Gasteiger partial charge in [0.25, 0.3) is 0 Å². The van der Waals surface area contributed by atoms with Gasteiger partial charge in [0, 0.05) is 17.8 Å². The fourth-order valence-corrected chi connectivity index (χ4v) is 7.26. The van der Waals surface area contributed by atoms with Crippen LogP contribution in [0, 0.1) is 34.5 Å². The second kappa shape index (κ2) is 5.41. The van der Waals surface area contributed by atoms with Gasteiger partial charge in [-0.05, 0) is 81.1 Å². The average molecular weight is 326 g/mol. The first kappa shape index (κ1) is 16.3. The molecule has 0 bridgehead atoms. The molecule has 4 aliphatic rings. The summed E-state index contributed by atoms with van der Waals surface area (Å²) in [6.45, 7) is 8.38. The van der Waals surface area contributed by atoms with E-state index in [-0.39, 0.29) is 16.7 Å². The van der Waals surface area contributed by atoms with Gasteiger partial charge in [-0.15, -0.1) is 6.58 Å². The molecule has 130 valence electrons. The van der Waals surface area contributed by atoms with Crippen molar-refractivity contribution in [1.82, 2.24) is 0 Å². The highest BCUT2D eigenvalue weighted by atomic mass is 16.1. The molecule has 0 aromatic heterocycles. The third-order valence-corrected chi connectivity index (χ3v) is 8.42. The molecule has 0 spiro atoms. The minimum atomic E-state index is 0.0507. The fourth-order valence-electron chi connectivity index (χ4n) is 7.26. The predicted octanol–water partition coefficient (Wildman–Crippen LogP) is 4.89. The predicted molar refractivity (Wildman–Crippen MR) is 95.4 cm³/mol. The number of carbonyl (C=O) groups is 2. The summed E-state index contributed by atoms with van der Waals surface area (Å²) >= 11 is 0. The highest BCUT2D eigenvalue weighted by Crippen LogP contribution is 2.67. The Morgan fingerprint density at radius 3 is 2.67 bits per heavy atom. The summed E-state index contributed by atoms with van der Waals surface area (Å²) in [5.74, 6) is 2.90. The smallest absolute Gasteiger partial charge is 0.155 e. The van der Waals surface area contributed by atoms with Gasteiger partial charge in [0.15, 0.2) is 5.78 Å². The van der Waals surface area contributed by atoms with Gasteiger partial charge in [-0.2, -0.15) is 0 Å². The molecule has 4 unspecified atom stereocenters. The average Bonchev–Trinajstić information content (AvgIpc) is 2.95. The second-order valence-electron chi connectivity index (χ2n) is 9.06. The van der Waals surface area contributed by atoms with Crippen LogP contribution in [0.1, 0.15) is 65.2 Å². The van der Waals surface area contributed by atoms with Crippen molar-refractivity contribution in [2.24, 2.45) is 34.5 Å². The lowest BCUT2D eigenvalue weighted by atomic mass is 9.46. The molecule has 0 heterocycles. The number of carbonyl (C=O) groups excluding carboxylic acids is 2. The van der Waals surface area contributed by atoms with E-state index in [1.807, 2.05) is 6.08 Å². The van der Waals surface area contributed by atoms with Crippen LogP contribution < -0.4 is 0 Å². The molecule has 3 fully saturated rings. The number of hydrogen-bond donors (Lipinski definition) is 0. The SMILES string of the molecule is C=C[C@]12CCC3C(CCC4=CC(=O)CC[C@@]43C)C1CCC2C(C)=O. The Hall–Kier alpha value is -1.18. The highest BCUT2D eigenvalue weighted by Gasteiger charge is 2.60. The minimum absolute atomic E-state index is 0.0507. The van der Waals surface area contributed by atoms with E-state index in [1.165, 1.54) is 24.8 Å². The Kier molecular flexibility index (Phi) is 3.67. The molecule has 4 rings (SSSR count). The zero-order chi connectivity index (χ0) is 17.1. The molecule has 3 saturated carbocycles. The van der Waals surface area contributed by atoms with Crippen molar-refractivity contribution < 1.29 is 9.59 Å². The number of allylic oxidation sites excluding steroid dienone is 2. The number of ketones is 2. The normalized spacial score (nSPS) is 47.2.